The molecule has 1 aliphatic heterocycles. The van der Waals surface area contributed by atoms with Crippen molar-refractivity contribution >= 4 is 23.3 Å². The van der Waals surface area contributed by atoms with Crippen molar-refractivity contribution in [2.45, 2.75) is 31.7 Å². The normalized spacial score (nSPS) is 18.1. The maximum absolute atomic E-state index is 13.0. The van der Waals surface area contributed by atoms with Gasteiger partial charge < -0.3 is 15.7 Å². The van der Waals surface area contributed by atoms with Gasteiger partial charge in [-0.1, -0.05) is 11.6 Å². The number of amides is 2. The highest BCUT2D eigenvalue weighted by molar-refractivity contribution is 6.31. The first kappa shape index (κ1) is 18.0. The molecule has 1 heterocycles. The molecule has 0 spiro atoms. The van der Waals surface area contributed by atoms with E-state index >= 15 is 0 Å². The largest absolute Gasteiger partial charge is 0.395 e. The molecule has 0 radical (unpaired) electrons. The zero-order valence-electron chi connectivity index (χ0n) is 13.0. The molecular weight excluding hydrogens is 321 g/mol. The van der Waals surface area contributed by atoms with Crippen LogP contribution < -0.4 is 10.6 Å². The standard InChI is InChI=1S/C16H23ClFN3O2/c17-14-10-12(5-6-15(14)18)20-16(23)19-7-1-2-8-21-9-3-4-13(21)11-22/h5-6,10,13,22H,1-4,7-9,11H2,(H2,19,20,23)/t13-/m0/s1. The lowest BCUT2D eigenvalue weighted by molar-refractivity contribution is 0.157. The quantitative estimate of drug-likeness (QED) is 0.667. The third-order valence-corrected chi connectivity index (χ3v) is 4.33. The number of carbonyl (C=O) groups is 1. The molecule has 1 atom stereocenters. The highest BCUT2D eigenvalue weighted by Crippen LogP contribution is 2.19. The number of benzene rings is 1. The minimum Gasteiger partial charge on any atom is -0.395 e. The average molecular weight is 344 g/mol. The first-order chi connectivity index (χ1) is 11.1. The minimum absolute atomic E-state index is 0.0214. The van der Waals surface area contributed by atoms with Crippen molar-refractivity contribution in [1.82, 2.24) is 10.2 Å². The van der Waals surface area contributed by atoms with E-state index in [-0.39, 0.29) is 17.7 Å². The molecule has 2 rings (SSSR count). The third-order valence-electron chi connectivity index (χ3n) is 4.04. The predicted octanol–water partition coefficient (Wildman–Crippen LogP) is 2.84. The molecule has 0 aromatic heterocycles. The summed E-state index contributed by atoms with van der Waals surface area (Å²) in [5, 5.41) is 14.6. The summed E-state index contributed by atoms with van der Waals surface area (Å²) in [6.45, 7) is 2.78. The van der Waals surface area contributed by atoms with E-state index < -0.39 is 5.82 Å². The minimum atomic E-state index is -0.513. The van der Waals surface area contributed by atoms with Gasteiger partial charge in [-0.15, -0.1) is 0 Å². The molecule has 0 bridgehead atoms. The predicted molar refractivity (Wildman–Crippen MR) is 89.3 cm³/mol. The number of nitrogens with zero attached hydrogens (tertiary/aromatic N) is 1. The first-order valence-electron chi connectivity index (χ1n) is 7.95. The SMILES string of the molecule is O=C(NCCCCN1CCC[C@H]1CO)Nc1ccc(F)c(Cl)c1. The van der Waals surface area contributed by atoms with Gasteiger partial charge in [-0.25, -0.2) is 9.18 Å². The summed E-state index contributed by atoms with van der Waals surface area (Å²) < 4.78 is 13.0. The Morgan fingerprint density at radius 1 is 1.43 bits per heavy atom. The van der Waals surface area contributed by atoms with Crippen molar-refractivity contribution in [3.63, 3.8) is 0 Å². The van der Waals surface area contributed by atoms with E-state index in [9.17, 15) is 14.3 Å². The molecule has 1 aliphatic rings. The number of hydrogen-bond acceptors (Lipinski definition) is 3. The van der Waals surface area contributed by atoms with Gasteiger partial charge in [0, 0.05) is 18.3 Å². The van der Waals surface area contributed by atoms with Gasteiger partial charge in [0.15, 0.2) is 0 Å². The van der Waals surface area contributed by atoms with E-state index in [4.69, 9.17) is 11.6 Å². The number of nitrogens with one attached hydrogen (secondary N) is 2. The van der Waals surface area contributed by atoms with Crippen LogP contribution in [-0.4, -0.2) is 48.3 Å². The molecule has 1 aromatic carbocycles. The molecular formula is C16H23ClFN3O2. The van der Waals surface area contributed by atoms with Crippen molar-refractivity contribution in [3.05, 3.63) is 29.0 Å². The second kappa shape index (κ2) is 9.05. The highest BCUT2D eigenvalue weighted by Gasteiger charge is 2.22. The number of urea groups is 1. The van der Waals surface area contributed by atoms with Gasteiger partial charge in [0.05, 0.1) is 11.6 Å². The van der Waals surface area contributed by atoms with Crippen LogP contribution in [0.5, 0.6) is 0 Å². The number of hydrogen-bond donors (Lipinski definition) is 3. The summed E-state index contributed by atoms with van der Waals surface area (Å²) in [6, 6.07) is 4.02. The number of anilines is 1. The van der Waals surface area contributed by atoms with Crippen LogP contribution >= 0.6 is 11.6 Å². The Labute approximate surface area is 140 Å². The van der Waals surface area contributed by atoms with Crippen LogP contribution in [0.3, 0.4) is 0 Å². The number of halogens is 2. The van der Waals surface area contributed by atoms with E-state index in [1.807, 2.05) is 0 Å². The van der Waals surface area contributed by atoms with Crippen molar-refractivity contribution in [1.29, 1.82) is 0 Å². The molecule has 128 valence electrons. The van der Waals surface area contributed by atoms with Crippen LogP contribution in [0.2, 0.25) is 5.02 Å². The van der Waals surface area contributed by atoms with Gasteiger partial charge in [-0.05, 0) is 57.0 Å². The molecule has 0 aliphatic carbocycles. The van der Waals surface area contributed by atoms with E-state index in [1.165, 1.54) is 18.2 Å². The maximum atomic E-state index is 13.0. The first-order valence-corrected chi connectivity index (χ1v) is 8.33. The molecule has 23 heavy (non-hydrogen) atoms. The second-order valence-corrected chi connectivity index (χ2v) is 6.14. The zero-order valence-corrected chi connectivity index (χ0v) is 13.8. The van der Waals surface area contributed by atoms with Crippen LogP contribution in [-0.2, 0) is 0 Å². The molecule has 1 saturated heterocycles. The Morgan fingerprint density at radius 2 is 2.26 bits per heavy atom. The van der Waals surface area contributed by atoms with E-state index in [0.717, 1.165) is 38.8 Å². The lowest BCUT2D eigenvalue weighted by Gasteiger charge is -2.22. The fraction of sp³-hybridized carbons (Fsp3) is 0.562. The lowest BCUT2D eigenvalue weighted by atomic mass is 10.2. The molecule has 0 saturated carbocycles. The number of rotatable bonds is 7. The number of likely N-dealkylation sites (tertiary alicyclic amines) is 1. The smallest absolute Gasteiger partial charge is 0.319 e. The maximum Gasteiger partial charge on any atom is 0.319 e. The Kier molecular flexibility index (Phi) is 7.08. The van der Waals surface area contributed by atoms with Gasteiger partial charge >= 0.3 is 6.03 Å². The van der Waals surface area contributed by atoms with Crippen LogP contribution in [0.15, 0.2) is 18.2 Å². The third kappa shape index (κ3) is 5.64. The Balaban J connectivity index is 1.60. The monoisotopic (exact) mass is 343 g/mol. The van der Waals surface area contributed by atoms with Crippen molar-refractivity contribution in [2.75, 3.05) is 31.6 Å². The lowest BCUT2D eigenvalue weighted by Crippen LogP contribution is -2.34. The van der Waals surface area contributed by atoms with Crippen LogP contribution in [0.4, 0.5) is 14.9 Å². The fourth-order valence-electron chi connectivity index (χ4n) is 2.79. The molecule has 0 unspecified atom stereocenters. The Hall–Kier alpha value is -1.37. The van der Waals surface area contributed by atoms with Gasteiger partial charge in [-0.3, -0.25) is 4.90 Å². The summed E-state index contributed by atoms with van der Waals surface area (Å²) in [7, 11) is 0. The van der Waals surface area contributed by atoms with Gasteiger partial charge in [-0.2, -0.15) is 0 Å². The fourth-order valence-corrected chi connectivity index (χ4v) is 2.97. The topological polar surface area (TPSA) is 64.6 Å². The molecule has 1 fully saturated rings. The zero-order chi connectivity index (χ0) is 16.7. The van der Waals surface area contributed by atoms with E-state index in [2.05, 4.69) is 15.5 Å². The summed E-state index contributed by atoms with van der Waals surface area (Å²) in [5.41, 5.74) is 0.455. The average Bonchev–Trinajstić information content (AvgIpc) is 2.98. The van der Waals surface area contributed by atoms with Gasteiger partial charge in [0.2, 0.25) is 0 Å². The Morgan fingerprint density at radius 3 is 3.00 bits per heavy atom. The number of unbranched alkanes of at least 4 members (excludes halogenated alkanes) is 1. The number of aliphatic hydroxyl groups excluding tert-OH is 1. The van der Waals surface area contributed by atoms with Crippen LogP contribution in [0.1, 0.15) is 25.7 Å². The summed E-state index contributed by atoms with van der Waals surface area (Å²) in [4.78, 5) is 14.0. The van der Waals surface area contributed by atoms with Gasteiger partial charge in [0.25, 0.3) is 0 Å². The van der Waals surface area contributed by atoms with E-state index in [1.54, 1.807) is 0 Å². The summed E-state index contributed by atoms with van der Waals surface area (Å²) in [6.07, 6.45) is 4.05. The second-order valence-electron chi connectivity index (χ2n) is 5.73. The molecule has 5 nitrogen and oxygen atoms in total. The number of carbonyl (C=O) groups excluding carboxylic acids is 1. The molecule has 2 amide bonds. The summed E-state index contributed by atoms with van der Waals surface area (Å²) in [5.74, 6) is -0.513. The molecule has 3 N–H and O–H groups in total. The van der Waals surface area contributed by atoms with Crippen LogP contribution in [0, 0.1) is 5.82 Å². The van der Waals surface area contributed by atoms with Crippen molar-refractivity contribution in [3.8, 4) is 0 Å². The Bertz CT molecular complexity index is 530. The van der Waals surface area contributed by atoms with Crippen molar-refractivity contribution in [2.24, 2.45) is 0 Å². The molecule has 1 aromatic rings. The van der Waals surface area contributed by atoms with E-state index in [0.29, 0.717) is 18.3 Å². The van der Waals surface area contributed by atoms with Crippen LogP contribution in [0.25, 0.3) is 0 Å². The summed E-state index contributed by atoms with van der Waals surface area (Å²) >= 11 is 5.66. The molecule has 7 heteroatoms. The number of aliphatic hydroxyl groups is 1. The van der Waals surface area contributed by atoms with Crippen molar-refractivity contribution < 1.29 is 14.3 Å². The van der Waals surface area contributed by atoms with Gasteiger partial charge in [0.1, 0.15) is 5.82 Å². The highest BCUT2D eigenvalue weighted by atomic mass is 35.5.